The molecule has 0 aliphatic carbocycles. The molecule has 1 saturated heterocycles. The summed E-state index contributed by atoms with van der Waals surface area (Å²) in [6, 6.07) is -1.25. The highest BCUT2D eigenvalue weighted by atomic mass is 16.4. The second-order valence-corrected chi connectivity index (χ2v) is 5.50. The molecule has 8 nitrogen and oxygen atoms in total. The molecule has 1 unspecified atom stereocenters. The molecule has 0 radical (unpaired) electrons. The lowest BCUT2D eigenvalue weighted by Gasteiger charge is -2.27. The van der Waals surface area contributed by atoms with Crippen LogP contribution in [0.15, 0.2) is 0 Å². The minimum atomic E-state index is -1.17. The van der Waals surface area contributed by atoms with Crippen molar-refractivity contribution >= 4 is 17.9 Å². The lowest BCUT2D eigenvalue weighted by atomic mass is 10.1. The fourth-order valence-electron chi connectivity index (χ4n) is 2.41. The first-order valence-corrected chi connectivity index (χ1v) is 7.04. The number of primary amides is 1. The molecule has 0 saturated carbocycles. The van der Waals surface area contributed by atoms with Crippen molar-refractivity contribution < 1.29 is 19.5 Å². The Bertz CT molecular complexity index is 402. The Morgan fingerprint density at radius 2 is 2.14 bits per heavy atom. The van der Waals surface area contributed by atoms with E-state index in [-0.39, 0.29) is 12.8 Å². The molecule has 1 heterocycles. The number of carboxylic acids is 1. The quantitative estimate of drug-likeness (QED) is 0.583. The summed E-state index contributed by atoms with van der Waals surface area (Å²) in [7, 11) is 3.64. The molecule has 21 heavy (non-hydrogen) atoms. The number of rotatable bonds is 7. The van der Waals surface area contributed by atoms with Crippen molar-refractivity contribution in [2.45, 2.75) is 37.8 Å². The second-order valence-electron chi connectivity index (χ2n) is 5.50. The number of carboxylic acid groups (broad SMARTS) is 1. The maximum absolute atomic E-state index is 12.0. The van der Waals surface area contributed by atoms with Crippen LogP contribution in [-0.4, -0.2) is 72.1 Å². The summed E-state index contributed by atoms with van der Waals surface area (Å²) in [6.07, 6.45) is 2.05. The molecule has 1 aliphatic rings. The molecular weight excluding hydrogens is 276 g/mol. The van der Waals surface area contributed by atoms with Crippen molar-refractivity contribution in [3.63, 3.8) is 0 Å². The fraction of sp³-hybridized carbons (Fsp3) is 0.769. The number of hydrogen-bond acceptors (Lipinski definition) is 4. The van der Waals surface area contributed by atoms with Crippen LogP contribution >= 0.6 is 0 Å². The van der Waals surface area contributed by atoms with Gasteiger partial charge in [-0.3, -0.25) is 4.79 Å². The third-order valence-corrected chi connectivity index (χ3v) is 3.78. The third-order valence-electron chi connectivity index (χ3n) is 3.78. The summed E-state index contributed by atoms with van der Waals surface area (Å²) in [6.45, 7) is 1.56. The molecule has 0 spiro atoms. The van der Waals surface area contributed by atoms with Gasteiger partial charge in [-0.25, -0.2) is 9.59 Å². The number of likely N-dealkylation sites (tertiary alicyclic amines) is 1. The van der Waals surface area contributed by atoms with E-state index in [0.717, 1.165) is 19.4 Å². The van der Waals surface area contributed by atoms with Gasteiger partial charge in [0.2, 0.25) is 5.91 Å². The van der Waals surface area contributed by atoms with Crippen LogP contribution in [0.2, 0.25) is 0 Å². The number of nitrogens with two attached hydrogens (primary N) is 1. The topological polar surface area (TPSA) is 116 Å². The first-order valence-electron chi connectivity index (χ1n) is 7.04. The predicted molar refractivity (Wildman–Crippen MR) is 76.7 cm³/mol. The van der Waals surface area contributed by atoms with Gasteiger partial charge in [0.1, 0.15) is 6.04 Å². The summed E-state index contributed by atoms with van der Waals surface area (Å²) in [5.74, 6) is -1.76. The first kappa shape index (κ1) is 17.2. The summed E-state index contributed by atoms with van der Waals surface area (Å²) >= 11 is 0. The highest BCUT2D eigenvalue weighted by Crippen LogP contribution is 2.15. The van der Waals surface area contributed by atoms with Crippen LogP contribution in [0, 0.1) is 0 Å². The number of hydrogen-bond donors (Lipinski definition) is 3. The van der Waals surface area contributed by atoms with Crippen LogP contribution in [0.3, 0.4) is 0 Å². The Labute approximate surface area is 124 Å². The zero-order chi connectivity index (χ0) is 16.0. The largest absolute Gasteiger partial charge is 0.480 e. The minimum Gasteiger partial charge on any atom is -0.480 e. The Kier molecular flexibility index (Phi) is 6.41. The molecule has 0 bridgehead atoms. The lowest BCUT2D eigenvalue weighted by Crippen LogP contribution is -2.49. The van der Waals surface area contributed by atoms with Crippen molar-refractivity contribution in [3.05, 3.63) is 0 Å². The lowest BCUT2D eigenvalue weighted by molar-refractivity contribution is -0.139. The van der Waals surface area contributed by atoms with Gasteiger partial charge in [0.25, 0.3) is 0 Å². The molecule has 1 aliphatic heterocycles. The predicted octanol–water partition coefficient (Wildman–Crippen LogP) is -0.559. The number of nitrogens with zero attached hydrogens (tertiary/aromatic N) is 2. The SMILES string of the molecule is CN(CC1CCCN1C)C(=O)N[C@@H](CCC(N)=O)C(=O)O. The Balaban J connectivity index is 2.47. The maximum atomic E-state index is 12.0. The minimum absolute atomic E-state index is 0.00637. The molecule has 8 heteroatoms. The number of carbonyl (C=O) groups is 3. The second kappa shape index (κ2) is 7.82. The zero-order valence-electron chi connectivity index (χ0n) is 12.5. The normalized spacial score (nSPS) is 20.0. The van der Waals surface area contributed by atoms with Crippen molar-refractivity contribution in [2.75, 3.05) is 27.2 Å². The van der Waals surface area contributed by atoms with E-state index in [1.54, 1.807) is 7.05 Å². The maximum Gasteiger partial charge on any atom is 0.326 e. The average molecular weight is 300 g/mol. The Morgan fingerprint density at radius 3 is 2.62 bits per heavy atom. The molecule has 120 valence electrons. The van der Waals surface area contributed by atoms with Gasteiger partial charge in [0.05, 0.1) is 0 Å². The molecule has 0 aromatic rings. The van der Waals surface area contributed by atoms with Crippen LogP contribution in [0.25, 0.3) is 0 Å². The van der Waals surface area contributed by atoms with E-state index in [1.807, 2.05) is 7.05 Å². The molecule has 3 amide bonds. The number of amides is 3. The summed E-state index contributed by atoms with van der Waals surface area (Å²) in [5, 5.41) is 11.5. The van der Waals surface area contributed by atoms with E-state index >= 15 is 0 Å². The smallest absolute Gasteiger partial charge is 0.326 e. The third kappa shape index (κ3) is 5.58. The number of likely N-dealkylation sites (N-methyl/N-ethyl adjacent to an activating group) is 2. The standard InChI is InChI=1S/C13H24N4O4/c1-16-7-3-4-9(16)8-17(2)13(21)15-10(12(19)20)5-6-11(14)18/h9-10H,3-8H2,1-2H3,(H2,14,18)(H,15,21)(H,19,20)/t9?,10-/m0/s1. The molecule has 4 N–H and O–H groups in total. The van der Waals surface area contributed by atoms with Crippen LogP contribution in [0.1, 0.15) is 25.7 Å². The van der Waals surface area contributed by atoms with Crippen molar-refractivity contribution in [1.29, 1.82) is 0 Å². The van der Waals surface area contributed by atoms with E-state index in [9.17, 15) is 14.4 Å². The molecule has 1 fully saturated rings. The first-order chi connectivity index (χ1) is 9.81. The Hall–Kier alpha value is -1.83. The van der Waals surface area contributed by atoms with Gasteiger partial charge in [-0.15, -0.1) is 0 Å². The summed E-state index contributed by atoms with van der Waals surface area (Å²) in [5.41, 5.74) is 5.00. The monoisotopic (exact) mass is 300 g/mol. The molecular formula is C13H24N4O4. The van der Waals surface area contributed by atoms with E-state index in [2.05, 4.69) is 10.2 Å². The van der Waals surface area contributed by atoms with E-state index in [1.165, 1.54) is 4.90 Å². The molecule has 1 rings (SSSR count). The number of carbonyl (C=O) groups excluding carboxylic acids is 2. The summed E-state index contributed by atoms with van der Waals surface area (Å²) < 4.78 is 0. The van der Waals surface area contributed by atoms with E-state index in [4.69, 9.17) is 10.8 Å². The van der Waals surface area contributed by atoms with E-state index in [0.29, 0.717) is 12.6 Å². The fourth-order valence-corrected chi connectivity index (χ4v) is 2.41. The van der Waals surface area contributed by atoms with Gasteiger partial charge in [-0.1, -0.05) is 0 Å². The summed E-state index contributed by atoms with van der Waals surface area (Å²) in [4.78, 5) is 37.5. The van der Waals surface area contributed by atoms with Crippen LogP contribution in [0.4, 0.5) is 4.79 Å². The van der Waals surface area contributed by atoms with Gasteiger partial charge in [0.15, 0.2) is 0 Å². The van der Waals surface area contributed by atoms with Gasteiger partial charge >= 0.3 is 12.0 Å². The van der Waals surface area contributed by atoms with Crippen molar-refractivity contribution in [2.24, 2.45) is 5.73 Å². The highest BCUT2D eigenvalue weighted by molar-refractivity contribution is 5.83. The molecule has 2 atom stereocenters. The van der Waals surface area contributed by atoms with Crippen LogP contribution < -0.4 is 11.1 Å². The van der Waals surface area contributed by atoms with Crippen molar-refractivity contribution in [1.82, 2.24) is 15.1 Å². The highest BCUT2D eigenvalue weighted by Gasteiger charge is 2.26. The number of aliphatic carboxylic acids is 1. The van der Waals surface area contributed by atoms with Gasteiger partial charge in [0, 0.05) is 26.1 Å². The number of nitrogens with one attached hydrogen (secondary N) is 1. The van der Waals surface area contributed by atoms with Crippen molar-refractivity contribution in [3.8, 4) is 0 Å². The molecule has 0 aromatic heterocycles. The molecule has 0 aromatic carbocycles. The van der Waals surface area contributed by atoms with Crippen LogP contribution in [-0.2, 0) is 9.59 Å². The number of urea groups is 1. The van der Waals surface area contributed by atoms with Gasteiger partial charge in [-0.2, -0.15) is 0 Å². The van der Waals surface area contributed by atoms with Gasteiger partial charge < -0.3 is 26.0 Å². The van der Waals surface area contributed by atoms with E-state index < -0.39 is 23.9 Å². The van der Waals surface area contributed by atoms with Gasteiger partial charge in [-0.05, 0) is 32.9 Å². The zero-order valence-corrected chi connectivity index (χ0v) is 12.5. The Morgan fingerprint density at radius 1 is 1.48 bits per heavy atom. The van der Waals surface area contributed by atoms with Crippen LogP contribution in [0.5, 0.6) is 0 Å². The average Bonchev–Trinajstić information content (AvgIpc) is 2.79.